The minimum Gasteiger partial charge on any atom is -0.396 e. The minimum atomic E-state index is 0.259. The lowest BCUT2D eigenvalue weighted by Crippen LogP contribution is -2.23. The Balaban J connectivity index is 2.24. The lowest BCUT2D eigenvalue weighted by molar-refractivity contribution is 0.238. The first-order chi connectivity index (χ1) is 7.67. The standard InChI is InChI=1S/C11H20N4O/c1-3-9-10(12)11(14(2)13-9)15-5-4-8(6-15)7-16/h8,16H,3-7,12H2,1-2H3. The number of hydrogen-bond donors (Lipinski definition) is 2. The van der Waals surface area contributed by atoms with Crippen LogP contribution in [0.2, 0.25) is 0 Å². The van der Waals surface area contributed by atoms with Crippen LogP contribution in [0, 0.1) is 5.92 Å². The van der Waals surface area contributed by atoms with Gasteiger partial charge in [0.2, 0.25) is 0 Å². The molecule has 0 radical (unpaired) electrons. The number of nitrogens with two attached hydrogens (primary N) is 1. The van der Waals surface area contributed by atoms with E-state index in [0.717, 1.165) is 43.1 Å². The molecule has 0 aliphatic carbocycles. The Bertz CT molecular complexity index is 374. The highest BCUT2D eigenvalue weighted by molar-refractivity contribution is 5.66. The molecule has 0 spiro atoms. The first-order valence-electron chi connectivity index (χ1n) is 5.84. The van der Waals surface area contributed by atoms with E-state index < -0.39 is 0 Å². The van der Waals surface area contributed by atoms with Gasteiger partial charge in [-0.15, -0.1) is 0 Å². The second kappa shape index (κ2) is 4.33. The lowest BCUT2D eigenvalue weighted by Gasteiger charge is -2.19. The molecule has 3 N–H and O–H groups in total. The quantitative estimate of drug-likeness (QED) is 0.779. The molecule has 1 atom stereocenters. The molecule has 1 saturated heterocycles. The molecule has 0 aromatic carbocycles. The third-order valence-electron chi connectivity index (χ3n) is 3.31. The van der Waals surface area contributed by atoms with E-state index in [4.69, 9.17) is 10.8 Å². The Hall–Kier alpha value is -1.23. The summed E-state index contributed by atoms with van der Waals surface area (Å²) in [5.41, 5.74) is 7.85. The van der Waals surface area contributed by atoms with Crippen molar-refractivity contribution in [3.05, 3.63) is 5.69 Å². The Labute approximate surface area is 95.8 Å². The number of anilines is 2. The first-order valence-corrected chi connectivity index (χ1v) is 5.84. The summed E-state index contributed by atoms with van der Waals surface area (Å²) in [6.07, 6.45) is 1.89. The molecule has 1 fully saturated rings. The molecule has 1 unspecified atom stereocenters. The van der Waals surface area contributed by atoms with Crippen LogP contribution >= 0.6 is 0 Å². The monoisotopic (exact) mass is 224 g/mol. The highest BCUT2D eigenvalue weighted by Gasteiger charge is 2.26. The molecule has 16 heavy (non-hydrogen) atoms. The highest BCUT2D eigenvalue weighted by Crippen LogP contribution is 2.30. The molecule has 1 aromatic heterocycles. The molecule has 90 valence electrons. The van der Waals surface area contributed by atoms with Gasteiger partial charge in [-0.25, -0.2) is 0 Å². The van der Waals surface area contributed by atoms with E-state index in [1.165, 1.54) is 0 Å². The number of aromatic nitrogens is 2. The van der Waals surface area contributed by atoms with Crippen molar-refractivity contribution in [1.29, 1.82) is 0 Å². The third-order valence-corrected chi connectivity index (χ3v) is 3.31. The Morgan fingerprint density at radius 1 is 1.56 bits per heavy atom. The van der Waals surface area contributed by atoms with Crippen molar-refractivity contribution in [3.8, 4) is 0 Å². The van der Waals surface area contributed by atoms with Gasteiger partial charge in [0.15, 0.2) is 0 Å². The fraction of sp³-hybridized carbons (Fsp3) is 0.727. The fourth-order valence-electron chi connectivity index (χ4n) is 2.40. The van der Waals surface area contributed by atoms with Crippen molar-refractivity contribution in [2.24, 2.45) is 13.0 Å². The molecule has 0 amide bonds. The zero-order valence-electron chi connectivity index (χ0n) is 9.98. The molecule has 2 rings (SSSR count). The van der Waals surface area contributed by atoms with E-state index in [-0.39, 0.29) is 6.61 Å². The smallest absolute Gasteiger partial charge is 0.150 e. The van der Waals surface area contributed by atoms with Crippen molar-refractivity contribution in [1.82, 2.24) is 9.78 Å². The number of rotatable bonds is 3. The number of nitrogens with zero attached hydrogens (tertiary/aromatic N) is 3. The SMILES string of the molecule is CCc1nn(C)c(N2CCC(CO)C2)c1N. The molecule has 1 aliphatic rings. The van der Waals surface area contributed by atoms with Gasteiger partial charge in [-0.3, -0.25) is 4.68 Å². The number of aliphatic hydroxyl groups excluding tert-OH is 1. The van der Waals surface area contributed by atoms with Crippen LogP contribution in [0.4, 0.5) is 11.5 Å². The number of aryl methyl sites for hydroxylation is 2. The molecule has 0 bridgehead atoms. The van der Waals surface area contributed by atoms with Gasteiger partial charge in [0, 0.05) is 32.7 Å². The van der Waals surface area contributed by atoms with E-state index >= 15 is 0 Å². The van der Waals surface area contributed by atoms with E-state index in [9.17, 15) is 0 Å². The van der Waals surface area contributed by atoms with Crippen LogP contribution in [0.5, 0.6) is 0 Å². The summed E-state index contributed by atoms with van der Waals surface area (Å²) < 4.78 is 1.86. The number of hydrogen-bond acceptors (Lipinski definition) is 4. The largest absolute Gasteiger partial charge is 0.396 e. The summed E-state index contributed by atoms with van der Waals surface area (Å²) in [4.78, 5) is 2.22. The second-order valence-electron chi connectivity index (χ2n) is 4.44. The summed E-state index contributed by atoms with van der Waals surface area (Å²) >= 11 is 0. The summed E-state index contributed by atoms with van der Waals surface area (Å²) in [6.45, 7) is 4.15. The van der Waals surface area contributed by atoms with E-state index in [1.54, 1.807) is 0 Å². The van der Waals surface area contributed by atoms with E-state index in [2.05, 4.69) is 16.9 Å². The van der Waals surface area contributed by atoms with Crippen molar-refractivity contribution in [2.45, 2.75) is 19.8 Å². The summed E-state index contributed by atoms with van der Waals surface area (Å²) in [6, 6.07) is 0. The summed E-state index contributed by atoms with van der Waals surface area (Å²) in [5, 5.41) is 13.6. The summed E-state index contributed by atoms with van der Waals surface area (Å²) in [5.74, 6) is 1.38. The predicted octanol–water partition coefficient (Wildman–Crippen LogP) is 0.383. The van der Waals surface area contributed by atoms with Gasteiger partial charge in [0.05, 0.1) is 11.4 Å². The number of aliphatic hydroxyl groups is 1. The average Bonchev–Trinajstić information content (AvgIpc) is 2.83. The zero-order valence-corrected chi connectivity index (χ0v) is 9.98. The van der Waals surface area contributed by atoms with Gasteiger partial charge in [-0.2, -0.15) is 5.10 Å². The normalized spacial score (nSPS) is 20.7. The highest BCUT2D eigenvalue weighted by atomic mass is 16.3. The third kappa shape index (κ3) is 1.75. The molecule has 0 saturated carbocycles. The van der Waals surface area contributed by atoms with Crippen LogP contribution in [0.25, 0.3) is 0 Å². The Morgan fingerprint density at radius 2 is 2.31 bits per heavy atom. The van der Waals surface area contributed by atoms with Crippen LogP contribution in [-0.2, 0) is 13.5 Å². The zero-order chi connectivity index (χ0) is 11.7. The van der Waals surface area contributed by atoms with Crippen molar-refractivity contribution >= 4 is 11.5 Å². The molecular formula is C11H20N4O. The van der Waals surface area contributed by atoms with Crippen LogP contribution in [0.15, 0.2) is 0 Å². The van der Waals surface area contributed by atoms with Gasteiger partial charge in [-0.1, -0.05) is 6.92 Å². The molecule has 1 aromatic rings. The van der Waals surface area contributed by atoms with Gasteiger partial charge < -0.3 is 15.7 Å². The maximum atomic E-state index is 9.14. The van der Waals surface area contributed by atoms with Gasteiger partial charge in [-0.05, 0) is 12.8 Å². The fourth-order valence-corrected chi connectivity index (χ4v) is 2.40. The van der Waals surface area contributed by atoms with Crippen molar-refractivity contribution in [2.75, 3.05) is 30.3 Å². The second-order valence-corrected chi connectivity index (χ2v) is 4.44. The number of nitrogen functional groups attached to an aromatic ring is 1. The maximum absolute atomic E-state index is 9.14. The minimum absolute atomic E-state index is 0.259. The maximum Gasteiger partial charge on any atom is 0.150 e. The molecular weight excluding hydrogens is 204 g/mol. The molecule has 1 aliphatic heterocycles. The molecule has 2 heterocycles. The Kier molecular flexibility index (Phi) is 3.05. The van der Waals surface area contributed by atoms with E-state index in [1.807, 2.05) is 11.7 Å². The average molecular weight is 224 g/mol. The van der Waals surface area contributed by atoms with Gasteiger partial charge in [0.1, 0.15) is 5.82 Å². The lowest BCUT2D eigenvalue weighted by atomic mass is 10.1. The first kappa shape index (κ1) is 11.3. The van der Waals surface area contributed by atoms with E-state index in [0.29, 0.717) is 5.92 Å². The van der Waals surface area contributed by atoms with Crippen molar-refractivity contribution < 1.29 is 5.11 Å². The predicted molar refractivity (Wildman–Crippen MR) is 64.4 cm³/mol. The van der Waals surface area contributed by atoms with Crippen LogP contribution in [-0.4, -0.2) is 34.6 Å². The van der Waals surface area contributed by atoms with Crippen LogP contribution < -0.4 is 10.6 Å². The summed E-state index contributed by atoms with van der Waals surface area (Å²) in [7, 11) is 1.93. The van der Waals surface area contributed by atoms with Crippen LogP contribution in [0.1, 0.15) is 19.0 Å². The molecule has 5 nitrogen and oxygen atoms in total. The topological polar surface area (TPSA) is 67.3 Å². The van der Waals surface area contributed by atoms with Crippen LogP contribution in [0.3, 0.4) is 0 Å². The van der Waals surface area contributed by atoms with Crippen molar-refractivity contribution in [3.63, 3.8) is 0 Å². The van der Waals surface area contributed by atoms with Gasteiger partial charge in [0.25, 0.3) is 0 Å². The van der Waals surface area contributed by atoms with Gasteiger partial charge >= 0.3 is 0 Å². The Morgan fingerprint density at radius 3 is 2.81 bits per heavy atom. The molecule has 5 heteroatoms.